The van der Waals surface area contributed by atoms with Crippen LogP contribution in [0.3, 0.4) is 0 Å². The summed E-state index contributed by atoms with van der Waals surface area (Å²) in [5, 5.41) is 17.0. The minimum atomic E-state index is 0.362. The summed E-state index contributed by atoms with van der Waals surface area (Å²) in [5.74, 6) is 0.362. The normalized spacial score (nSPS) is 10.4. The van der Waals surface area contributed by atoms with Gasteiger partial charge in [-0.25, -0.2) is 4.99 Å². The second-order valence-electron chi connectivity index (χ2n) is 4.40. The summed E-state index contributed by atoms with van der Waals surface area (Å²) in [6.07, 6.45) is 1.65. The van der Waals surface area contributed by atoms with Crippen LogP contribution < -0.4 is 5.73 Å². The van der Waals surface area contributed by atoms with Gasteiger partial charge in [-0.2, -0.15) is 5.26 Å². The van der Waals surface area contributed by atoms with Crippen LogP contribution in [-0.4, -0.2) is 35.5 Å². The van der Waals surface area contributed by atoms with E-state index in [4.69, 9.17) is 5.73 Å². The van der Waals surface area contributed by atoms with Crippen molar-refractivity contribution in [3.05, 3.63) is 35.9 Å². The molecule has 2 rings (SSSR count). The number of benzene rings is 1. The van der Waals surface area contributed by atoms with Crippen molar-refractivity contribution >= 4 is 17.8 Å². The lowest BCUT2D eigenvalue weighted by Gasteiger charge is -2.05. The number of aromatic nitrogens is 2. The zero-order valence-corrected chi connectivity index (χ0v) is 11.3. The Kier molecular flexibility index (Phi) is 3.91. The van der Waals surface area contributed by atoms with Crippen LogP contribution in [0.15, 0.2) is 35.3 Å². The highest BCUT2D eigenvalue weighted by Gasteiger charge is 2.05. The molecule has 0 atom stereocenters. The van der Waals surface area contributed by atoms with Gasteiger partial charge in [0.15, 0.2) is 0 Å². The molecule has 6 heteroatoms. The molecule has 6 nitrogen and oxygen atoms in total. The Morgan fingerprint density at radius 3 is 2.65 bits per heavy atom. The van der Waals surface area contributed by atoms with E-state index in [1.54, 1.807) is 35.5 Å². The first-order valence-electron chi connectivity index (χ1n) is 5.94. The maximum atomic E-state index is 9.21. The predicted octanol–water partition coefficient (Wildman–Crippen LogP) is 1.82. The Bertz CT molecular complexity index is 667. The molecular weight excluding hydrogens is 252 g/mol. The molecule has 0 saturated carbocycles. The number of aliphatic imine (C=N–C) groups is 1. The molecule has 1 heterocycles. The molecule has 0 amide bonds. The fraction of sp³-hybridized carbons (Fsp3) is 0.143. The van der Waals surface area contributed by atoms with Crippen LogP contribution in [0.5, 0.6) is 0 Å². The number of nitrogens with zero attached hydrogens (tertiary/aromatic N) is 5. The van der Waals surface area contributed by atoms with Gasteiger partial charge in [0.1, 0.15) is 11.9 Å². The fourth-order valence-corrected chi connectivity index (χ4v) is 1.57. The monoisotopic (exact) mass is 266 g/mol. The molecule has 0 aliphatic heterocycles. The van der Waals surface area contributed by atoms with E-state index in [9.17, 15) is 5.26 Å². The summed E-state index contributed by atoms with van der Waals surface area (Å²) in [4.78, 5) is 6.05. The van der Waals surface area contributed by atoms with E-state index in [2.05, 4.69) is 21.3 Å². The highest BCUT2D eigenvalue weighted by molar-refractivity contribution is 5.70. The summed E-state index contributed by atoms with van der Waals surface area (Å²) in [6.45, 7) is 0. The summed E-state index contributed by atoms with van der Waals surface area (Å²) in [5.41, 5.74) is 8.08. The standard InChI is InChI=1S/C14H14N6/c1-20(2)9-17-12-4-3-10(7-11(12)8-15)13-5-6-14(16)19-18-13/h3-7,9H,1-2H3,(H2,16,19)/b17-9+. The van der Waals surface area contributed by atoms with Crippen molar-refractivity contribution in [3.8, 4) is 17.3 Å². The molecule has 20 heavy (non-hydrogen) atoms. The lowest BCUT2D eigenvalue weighted by molar-refractivity contribution is 0.643. The third kappa shape index (κ3) is 3.09. The number of nitriles is 1. The van der Waals surface area contributed by atoms with Crippen LogP contribution >= 0.6 is 0 Å². The molecule has 0 radical (unpaired) electrons. The van der Waals surface area contributed by atoms with Gasteiger partial charge in [0.2, 0.25) is 0 Å². The van der Waals surface area contributed by atoms with Crippen LogP contribution in [0.1, 0.15) is 5.56 Å². The number of hydrogen-bond donors (Lipinski definition) is 1. The number of rotatable bonds is 3. The highest BCUT2D eigenvalue weighted by atomic mass is 15.1. The average Bonchev–Trinajstić information content (AvgIpc) is 2.45. The quantitative estimate of drug-likeness (QED) is 0.675. The minimum Gasteiger partial charge on any atom is -0.382 e. The molecule has 0 aliphatic carbocycles. The molecule has 1 aromatic carbocycles. The van der Waals surface area contributed by atoms with E-state index in [1.807, 2.05) is 20.2 Å². The van der Waals surface area contributed by atoms with Gasteiger partial charge in [-0.05, 0) is 24.3 Å². The number of anilines is 1. The molecule has 0 spiro atoms. The van der Waals surface area contributed by atoms with Gasteiger partial charge < -0.3 is 10.6 Å². The minimum absolute atomic E-state index is 0.362. The number of hydrogen-bond acceptors (Lipinski definition) is 5. The first kappa shape index (κ1) is 13.5. The smallest absolute Gasteiger partial charge is 0.146 e. The van der Waals surface area contributed by atoms with Crippen LogP contribution in [0.25, 0.3) is 11.3 Å². The molecule has 0 saturated heterocycles. The van der Waals surface area contributed by atoms with Gasteiger partial charge in [0, 0.05) is 19.7 Å². The second kappa shape index (κ2) is 5.80. The van der Waals surface area contributed by atoms with Gasteiger partial charge in [0.05, 0.1) is 23.3 Å². The third-order valence-electron chi connectivity index (χ3n) is 2.53. The topological polar surface area (TPSA) is 91.2 Å². The highest BCUT2D eigenvalue weighted by Crippen LogP contribution is 2.25. The lowest BCUT2D eigenvalue weighted by atomic mass is 10.1. The SMILES string of the molecule is CN(C)/C=N/c1ccc(-c2ccc(N)nn2)cc1C#N. The van der Waals surface area contributed by atoms with Crippen molar-refractivity contribution in [1.29, 1.82) is 5.26 Å². The second-order valence-corrected chi connectivity index (χ2v) is 4.40. The molecule has 0 fully saturated rings. The molecular formula is C14H14N6. The Morgan fingerprint density at radius 2 is 2.05 bits per heavy atom. The Morgan fingerprint density at radius 1 is 1.25 bits per heavy atom. The first-order chi connectivity index (χ1) is 9.60. The molecule has 2 N–H and O–H groups in total. The summed E-state index contributed by atoms with van der Waals surface area (Å²) in [7, 11) is 3.74. The summed E-state index contributed by atoms with van der Waals surface area (Å²) < 4.78 is 0. The fourth-order valence-electron chi connectivity index (χ4n) is 1.57. The Balaban J connectivity index is 2.39. The van der Waals surface area contributed by atoms with E-state index in [-0.39, 0.29) is 0 Å². The molecule has 0 aliphatic rings. The zero-order valence-electron chi connectivity index (χ0n) is 11.3. The third-order valence-corrected chi connectivity index (χ3v) is 2.53. The van der Waals surface area contributed by atoms with Gasteiger partial charge in [-0.15, -0.1) is 10.2 Å². The van der Waals surface area contributed by atoms with Crippen molar-refractivity contribution in [1.82, 2.24) is 15.1 Å². The van der Waals surface area contributed by atoms with Crippen LogP contribution in [-0.2, 0) is 0 Å². The summed E-state index contributed by atoms with van der Waals surface area (Å²) >= 11 is 0. The number of nitrogen functional groups attached to an aromatic ring is 1. The molecule has 0 unspecified atom stereocenters. The molecule has 2 aromatic rings. The van der Waals surface area contributed by atoms with Gasteiger partial charge in [-0.1, -0.05) is 6.07 Å². The number of nitrogens with two attached hydrogens (primary N) is 1. The maximum Gasteiger partial charge on any atom is 0.146 e. The van der Waals surface area contributed by atoms with Gasteiger partial charge >= 0.3 is 0 Å². The van der Waals surface area contributed by atoms with Crippen LogP contribution in [0.2, 0.25) is 0 Å². The van der Waals surface area contributed by atoms with Crippen molar-refractivity contribution in [2.75, 3.05) is 19.8 Å². The van der Waals surface area contributed by atoms with Crippen molar-refractivity contribution in [3.63, 3.8) is 0 Å². The Labute approximate surface area is 117 Å². The molecule has 0 bridgehead atoms. The van der Waals surface area contributed by atoms with E-state index < -0.39 is 0 Å². The van der Waals surface area contributed by atoms with E-state index in [1.165, 1.54) is 0 Å². The van der Waals surface area contributed by atoms with E-state index >= 15 is 0 Å². The first-order valence-corrected chi connectivity index (χ1v) is 5.94. The van der Waals surface area contributed by atoms with Crippen molar-refractivity contribution in [2.24, 2.45) is 4.99 Å². The zero-order chi connectivity index (χ0) is 14.5. The maximum absolute atomic E-state index is 9.21. The average molecular weight is 266 g/mol. The van der Waals surface area contributed by atoms with Crippen molar-refractivity contribution in [2.45, 2.75) is 0 Å². The van der Waals surface area contributed by atoms with Crippen LogP contribution in [0.4, 0.5) is 11.5 Å². The van der Waals surface area contributed by atoms with Crippen molar-refractivity contribution < 1.29 is 0 Å². The van der Waals surface area contributed by atoms with Gasteiger partial charge in [-0.3, -0.25) is 0 Å². The van der Waals surface area contributed by atoms with E-state index in [0.717, 1.165) is 5.56 Å². The summed E-state index contributed by atoms with van der Waals surface area (Å²) in [6, 6.07) is 10.9. The lowest BCUT2D eigenvalue weighted by Crippen LogP contribution is -2.07. The van der Waals surface area contributed by atoms with Crippen LogP contribution in [0, 0.1) is 11.3 Å². The predicted molar refractivity (Wildman–Crippen MR) is 78.4 cm³/mol. The van der Waals surface area contributed by atoms with E-state index in [0.29, 0.717) is 22.8 Å². The van der Waals surface area contributed by atoms with Gasteiger partial charge in [0.25, 0.3) is 0 Å². The molecule has 1 aromatic heterocycles. The Hall–Kier alpha value is -2.94. The largest absolute Gasteiger partial charge is 0.382 e. The molecule has 100 valence electrons.